The lowest BCUT2D eigenvalue weighted by Crippen LogP contribution is -2.43. The Bertz CT molecular complexity index is 392. The molecular weight excluding hydrogens is 206 g/mol. The summed E-state index contributed by atoms with van der Waals surface area (Å²) in [4.78, 5) is 23.3. The summed E-state index contributed by atoms with van der Waals surface area (Å²) in [5.74, 6) is -0.690. The Balaban J connectivity index is 1.95. The van der Waals surface area contributed by atoms with Crippen LogP contribution >= 0.6 is 0 Å². The van der Waals surface area contributed by atoms with Crippen LogP contribution in [0.3, 0.4) is 0 Å². The lowest BCUT2D eigenvalue weighted by Gasteiger charge is -2.36. The summed E-state index contributed by atoms with van der Waals surface area (Å²) in [6, 6.07) is 0. The van der Waals surface area contributed by atoms with Gasteiger partial charge < -0.3 is 5.11 Å². The summed E-state index contributed by atoms with van der Waals surface area (Å²) < 4.78 is 0. The van der Waals surface area contributed by atoms with E-state index in [-0.39, 0.29) is 35.5 Å². The zero-order valence-electron chi connectivity index (χ0n) is 8.98. The molecule has 3 rings (SSSR count). The molecule has 0 radical (unpaired) electrons. The van der Waals surface area contributed by atoms with E-state index in [0.29, 0.717) is 12.8 Å². The van der Waals surface area contributed by atoms with Crippen molar-refractivity contribution in [3.63, 3.8) is 0 Å². The lowest BCUT2D eigenvalue weighted by molar-refractivity contribution is -0.129. The van der Waals surface area contributed by atoms with Crippen LogP contribution in [0.5, 0.6) is 0 Å². The molecule has 86 valence electrons. The third-order valence-corrected chi connectivity index (χ3v) is 4.54. The molecule has 5 atom stereocenters. The standard InChI is InChI=1S/C12H15NO3/c1-2-3-12(16)5-6-4-7(12)9-8(6)10(14)13-11(9)15/h2,6-9,16H,1,3-5H2,(H,13,14,15)/t6-,7-,8+,9-,12+/m0/s1. The third-order valence-electron chi connectivity index (χ3n) is 4.54. The van der Waals surface area contributed by atoms with Gasteiger partial charge in [-0.3, -0.25) is 14.9 Å². The van der Waals surface area contributed by atoms with Crippen LogP contribution in [0.25, 0.3) is 0 Å². The molecule has 3 aliphatic rings. The van der Waals surface area contributed by atoms with Gasteiger partial charge in [0, 0.05) is 5.92 Å². The summed E-state index contributed by atoms with van der Waals surface area (Å²) in [6.07, 6.45) is 3.65. The maximum absolute atomic E-state index is 11.7. The van der Waals surface area contributed by atoms with Crippen molar-refractivity contribution in [2.45, 2.75) is 24.9 Å². The Morgan fingerprint density at radius 3 is 2.81 bits per heavy atom. The average Bonchev–Trinajstić information content (AvgIpc) is 2.78. The molecule has 2 saturated carbocycles. The maximum atomic E-state index is 11.7. The Morgan fingerprint density at radius 2 is 2.12 bits per heavy atom. The molecule has 2 N–H and O–H groups in total. The van der Waals surface area contributed by atoms with E-state index < -0.39 is 5.60 Å². The minimum Gasteiger partial charge on any atom is -0.389 e. The molecular formula is C12H15NO3. The maximum Gasteiger partial charge on any atom is 0.230 e. The van der Waals surface area contributed by atoms with Crippen molar-refractivity contribution in [1.29, 1.82) is 0 Å². The molecule has 1 aliphatic heterocycles. The molecule has 2 bridgehead atoms. The number of nitrogens with one attached hydrogen (secondary N) is 1. The first kappa shape index (κ1) is 10.0. The van der Waals surface area contributed by atoms with E-state index in [9.17, 15) is 14.7 Å². The van der Waals surface area contributed by atoms with Crippen LogP contribution in [0.2, 0.25) is 0 Å². The second kappa shape index (κ2) is 2.94. The highest BCUT2D eigenvalue weighted by molar-refractivity contribution is 6.06. The van der Waals surface area contributed by atoms with Crippen LogP contribution < -0.4 is 5.32 Å². The minimum absolute atomic E-state index is 0.0630. The number of hydrogen-bond acceptors (Lipinski definition) is 3. The molecule has 0 aromatic heterocycles. The zero-order valence-corrected chi connectivity index (χ0v) is 8.98. The summed E-state index contributed by atoms with van der Waals surface area (Å²) in [5, 5.41) is 12.9. The molecule has 1 saturated heterocycles. The molecule has 0 aromatic carbocycles. The summed E-state index contributed by atoms with van der Waals surface area (Å²) >= 11 is 0. The number of imide groups is 1. The summed E-state index contributed by atoms with van der Waals surface area (Å²) in [5.41, 5.74) is -0.810. The summed E-state index contributed by atoms with van der Waals surface area (Å²) in [7, 11) is 0. The van der Waals surface area contributed by atoms with E-state index in [1.807, 2.05) is 0 Å². The van der Waals surface area contributed by atoms with Gasteiger partial charge in [0.05, 0.1) is 17.4 Å². The van der Waals surface area contributed by atoms with Gasteiger partial charge in [-0.1, -0.05) is 6.08 Å². The van der Waals surface area contributed by atoms with Gasteiger partial charge in [0.25, 0.3) is 0 Å². The number of aliphatic hydroxyl groups is 1. The van der Waals surface area contributed by atoms with Gasteiger partial charge in [-0.25, -0.2) is 0 Å². The van der Waals surface area contributed by atoms with Gasteiger partial charge in [0.2, 0.25) is 11.8 Å². The average molecular weight is 221 g/mol. The second-order valence-corrected chi connectivity index (χ2v) is 5.31. The van der Waals surface area contributed by atoms with Gasteiger partial charge in [-0.2, -0.15) is 0 Å². The van der Waals surface area contributed by atoms with Gasteiger partial charge in [0.15, 0.2) is 0 Å². The van der Waals surface area contributed by atoms with Gasteiger partial charge >= 0.3 is 0 Å². The van der Waals surface area contributed by atoms with Crippen molar-refractivity contribution in [1.82, 2.24) is 5.32 Å². The Kier molecular flexibility index (Phi) is 1.84. The molecule has 0 aromatic rings. The quantitative estimate of drug-likeness (QED) is 0.518. The second-order valence-electron chi connectivity index (χ2n) is 5.31. The molecule has 2 aliphatic carbocycles. The van der Waals surface area contributed by atoms with Crippen molar-refractivity contribution in [2.75, 3.05) is 0 Å². The highest BCUT2D eigenvalue weighted by Crippen LogP contribution is 2.59. The van der Waals surface area contributed by atoms with Crippen LogP contribution in [0.15, 0.2) is 12.7 Å². The van der Waals surface area contributed by atoms with E-state index in [1.54, 1.807) is 6.08 Å². The molecule has 16 heavy (non-hydrogen) atoms. The van der Waals surface area contributed by atoms with Gasteiger partial charge in [0.1, 0.15) is 0 Å². The van der Waals surface area contributed by atoms with Crippen molar-refractivity contribution < 1.29 is 14.7 Å². The Labute approximate surface area is 93.7 Å². The van der Waals surface area contributed by atoms with E-state index in [4.69, 9.17) is 0 Å². The lowest BCUT2D eigenvalue weighted by atomic mass is 9.71. The van der Waals surface area contributed by atoms with Gasteiger partial charge in [-0.05, 0) is 25.2 Å². The first-order valence-electron chi connectivity index (χ1n) is 5.75. The molecule has 0 unspecified atom stereocenters. The SMILES string of the molecule is C=CC[C@@]1(O)C[C@@H]2C[C@H]1[C@@H]1C(=O)NC(=O)[C@H]21. The zero-order chi connectivity index (χ0) is 11.5. The minimum atomic E-state index is -0.810. The molecule has 4 nitrogen and oxygen atoms in total. The largest absolute Gasteiger partial charge is 0.389 e. The first-order chi connectivity index (χ1) is 7.57. The number of carbonyl (C=O) groups is 2. The van der Waals surface area contributed by atoms with Crippen LogP contribution in [-0.4, -0.2) is 22.5 Å². The molecule has 3 fully saturated rings. The number of carbonyl (C=O) groups excluding carboxylic acids is 2. The van der Waals surface area contributed by atoms with E-state index in [1.165, 1.54) is 0 Å². The monoisotopic (exact) mass is 221 g/mol. The fraction of sp³-hybridized carbons (Fsp3) is 0.667. The van der Waals surface area contributed by atoms with Crippen LogP contribution in [0, 0.1) is 23.7 Å². The van der Waals surface area contributed by atoms with E-state index in [2.05, 4.69) is 11.9 Å². The number of amides is 2. The third kappa shape index (κ3) is 1.03. The highest BCUT2D eigenvalue weighted by atomic mass is 16.3. The Hall–Kier alpha value is -1.16. The predicted molar refractivity (Wildman–Crippen MR) is 56.1 cm³/mol. The van der Waals surface area contributed by atoms with Crippen molar-refractivity contribution >= 4 is 11.8 Å². The van der Waals surface area contributed by atoms with Gasteiger partial charge in [-0.15, -0.1) is 6.58 Å². The highest BCUT2D eigenvalue weighted by Gasteiger charge is 2.65. The first-order valence-corrected chi connectivity index (χ1v) is 5.75. The molecule has 2 amide bonds. The molecule has 0 spiro atoms. The van der Waals surface area contributed by atoms with Crippen molar-refractivity contribution in [3.8, 4) is 0 Å². The molecule has 4 heteroatoms. The van der Waals surface area contributed by atoms with Crippen LogP contribution in [-0.2, 0) is 9.59 Å². The smallest absolute Gasteiger partial charge is 0.230 e. The molecule has 1 heterocycles. The topological polar surface area (TPSA) is 66.4 Å². The fourth-order valence-electron chi connectivity index (χ4n) is 4.03. The van der Waals surface area contributed by atoms with Crippen LogP contribution in [0.1, 0.15) is 19.3 Å². The summed E-state index contributed by atoms with van der Waals surface area (Å²) in [6.45, 7) is 3.64. The van der Waals surface area contributed by atoms with Crippen LogP contribution in [0.4, 0.5) is 0 Å². The van der Waals surface area contributed by atoms with Crippen molar-refractivity contribution in [3.05, 3.63) is 12.7 Å². The number of fused-ring (bicyclic) bond motifs is 5. The fourth-order valence-corrected chi connectivity index (χ4v) is 4.03. The van der Waals surface area contributed by atoms with Crippen molar-refractivity contribution in [2.24, 2.45) is 23.7 Å². The number of rotatable bonds is 2. The Morgan fingerprint density at radius 1 is 1.44 bits per heavy atom. The predicted octanol–water partition coefficient (Wildman–Crippen LogP) is 0.222. The normalized spacial score (nSPS) is 49.3. The van der Waals surface area contributed by atoms with E-state index in [0.717, 1.165) is 6.42 Å². The number of hydrogen-bond donors (Lipinski definition) is 2. The van der Waals surface area contributed by atoms with E-state index >= 15 is 0 Å².